The van der Waals surface area contributed by atoms with Gasteiger partial charge < -0.3 is 4.52 Å². The Bertz CT molecular complexity index is 1310. The van der Waals surface area contributed by atoms with Crippen LogP contribution in [0.3, 0.4) is 0 Å². The number of halogens is 1. The first-order valence-corrected chi connectivity index (χ1v) is 12.0. The molecular formula is C21H16ClN3O3S2. The van der Waals surface area contributed by atoms with E-state index >= 15 is 0 Å². The SMILES string of the molecule is O=S(=O)(c1cc(-c2nc(-c3ccc(Cl)cc3)no2)cs1)N1CCc2ccccc2C1. The van der Waals surface area contributed by atoms with Gasteiger partial charge in [-0.2, -0.15) is 9.29 Å². The van der Waals surface area contributed by atoms with E-state index in [-0.39, 0.29) is 10.1 Å². The first kappa shape index (κ1) is 19.4. The lowest BCUT2D eigenvalue weighted by molar-refractivity contribution is 0.392. The van der Waals surface area contributed by atoms with Crippen LogP contribution in [0.4, 0.5) is 0 Å². The zero-order valence-electron chi connectivity index (χ0n) is 15.7. The van der Waals surface area contributed by atoms with Gasteiger partial charge in [0.2, 0.25) is 5.82 Å². The zero-order valence-corrected chi connectivity index (χ0v) is 18.0. The van der Waals surface area contributed by atoms with Crippen LogP contribution in [-0.4, -0.2) is 29.4 Å². The van der Waals surface area contributed by atoms with E-state index in [1.165, 1.54) is 9.87 Å². The topological polar surface area (TPSA) is 76.3 Å². The molecule has 1 aliphatic heterocycles. The molecule has 0 radical (unpaired) electrons. The fraction of sp³-hybridized carbons (Fsp3) is 0.143. The maximum atomic E-state index is 13.2. The molecule has 2 aromatic carbocycles. The molecule has 152 valence electrons. The summed E-state index contributed by atoms with van der Waals surface area (Å²) in [6, 6.07) is 16.6. The number of aromatic nitrogens is 2. The van der Waals surface area contributed by atoms with E-state index in [4.69, 9.17) is 16.1 Å². The summed E-state index contributed by atoms with van der Waals surface area (Å²) in [7, 11) is -3.59. The lowest BCUT2D eigenvalue weighted by atomic mass is 10.0. The number of hydrogen-bond acceptors (Lipinski definition) is 6. The molecule has 0 aliphatic carbocycles. The predicted octanol–water partition coefficient (Wildman–Crippen LogP) is 4.87. The predicted molar refractivity (Wildman–Crippen MR) is 116 cm³/mol. The summed E-state index contributed by atoms with van der Waals surface area (Å²) in [4.78, 5) is 4.40. The molecule has 0 atom stereocenters. The molecule has 0 N–H and O–H groups in total. The van der Waals surface area contributed by atoms with Gasteiger partial charge in [-0.1, -0.05) is 41.0 Å². The second-order valence-corrected chi connectivity index (χ2v) is 10.5. The first-order valence-electron chi connectivity index (χ1n) is 9.26. The largest absolute Gasteiger partial charge is 0.334 e. The smallest absolute Gasteiger partial charge is 0.259 e. The van der Waals surface area contributed by atoms with Crippen LogP contribution in [0.25, 0.3) is 22.8 Å². The summed E-state index contributed by atoms with van der Waals surface area (Å²) in [5, 5.41) is 6.34. The van der Waals surface area contributed by atoms with Crippen molar-refractivity contribution < 1.29 is 12.9 Å². The van der Waals surface area contributed by atoms with Crippen molar-refractivity contribution in [1.29, 1.82) is 0 Å². The summed E-state index contributed by atoms with van der Waals surface area (Å²) >= 11 is 7.07. The van der Waals surface area contributed by atoms with Crippen molar-refractivity contribution in [1.82, 2.24) is 14.4 Å². The molecule has 6 nitrogen and oxygen atoms in total. The molecule has 0 saturated heterocycles. The Hall–Kier alpha value is -2.52. The number of sulfonamides is 1. The minimum atomic E-state index is -3.59. The highest BCUT2D eigenvalue weighted by atomic mass is 35.5. The van der Waals surface area contributed by atoms with Crippen LogP contribution >= 0.6 is 22.9 Å². The van der Waals surface area contributed by atoms with Crippen molar-refractivity contribution in [2.75, 3.05) is 6.54 Å². The van der Waals surface area contributed by atoms with E-state index in [9.17, 15) is 8.42 Å². The van der Waals surface area contributed by atoms with E-state index in [0.717, 1.165) is 22.5 Å². The van der Waals surface area contributed by atoms with Gasteiger partial charge in [-0.15, -0.1) is 11.3 Å². The van der Waals surface area contributed by atoms with Crippen molar-refractivity contribution in [2.24, 2.45) is 0 Å². The number of fused-ring (bicyclic) bond motifs is 1. The molecule has 3 heterocycles. The Morgan fingerprint density at radius 2 is 1.80 bits per heavy atom. The van der Waals surface area contributed by atoms with Gasteiger partial charge in [0.25, 0.3) is 15.9 Å². The highest BCUT2D eigenvalue weighted by Crippen LogP contribution is 2.32. The molecule has 0 saturated carbocycles. The van der Waals surface area contributed by atoms with Crippen molar-refractivity contribution in [3.05, 3.63) is 76.1 Å². The Balaban J connectivity index is 1.40. The fourth-order valence-corrected chi connectivity index (χ4v) is 6.27. The summed E-state index contributed by atoms with van der Waals surface area (Å²) < 4.78 is 33.5. The summed E-state index contributed by atoms with van der Waals surface area (Å²) in [5.41, 5.74) is 3.61. The Morgan fingerprint density at radius 3 is 2.60 bits per heavy atom. The van der Waals surface area contributed by atoms with Gasteiger partial charge in [-0.05, 0) is 47.9 Å². The normalized spacial score (nSPS) is 14.6. The Kier molecular flexibility index (Phi) is 4.94. The Labute approximate surface area is 182 Å². The second-order valence-electron chi connectivity index (χ2n) is 6.94. The van der Waals surface area contributed by atoms with Crippen molar-refractivity contribution in [3.8, 4) is 22.8 Å². The average molecular weight is 458 g/mol. The van der Waals surface area contributed by atoms with Crippen LogP contribution in [0.2, 0.25) is 5.02 Å². The molecule has 0 bridgehead atoms. The minimum Gasteiger partial charge on any atom is -0.334 e. The summed E-state index contributed by atoms with van der Waals surface area (Å²) in [6.45, 7) is 0.848. The molecule has 1 aliphatic rings. The summed E-state index contributed by atoms with van der Waals surface area (Å²) in [6.07, 6.45) is 0.710. The molecule has 4 aromatic rings. The lowest BCUT2D eigenvalue weighted by Gasteiger charge is -2.27. The van der Waals surface area contributed by atoms with Gasteiger partial charge in [0.15, 0.2) is 0 Å². The quantitative estimate of drug-likeness (QED) is 0.437. The van der Waals surface area contributed by atoms with E-state index in [1.807, 2.05) is 18.2 Å². The van der Waals surface area contributed by atoms with E-state index in [1.54, 1.807) is 35.7 Å². The molecule has 2 aromatic heterocycles. The monoisotopic (exact) mass is 457 g/mol. The van der Waals surface area contributed by atoms with Crippen molar-refractivity contribution in [2.45, 2.75) is 17.2 Å². The molecule has 0 unspecified atom stereocenters. The van der Waals surface area contributed by atoms with Gasteiger partial charge in [-0.3, -0.25) is 0 Å². The lowest BCUT2D eigenvalue weighted by Crippen LogP contribution is -2.35. The maximum Gasteiger partial charge on any atom is 0.259 e. The van der Waals surface area contributed by atoms with Gasteiger partial charge >= 0.3 is 0 Å². The zero-order chi connectivity index (χ0) is 20.7. The van der Waals surface area contributed by atoms with Gasteiger partial charge in [0, 0.05) is 29.1 Å². The first-order chi connectivity index (χ1) is 14.5. The van der Waals surface area contributed by atoms with E-state index in [0.29, 0.717) is 35.9 Å². The van der Waals surface area contributed by atoms with Crippen LogP contribution in [0.1, 0.15) is 11.1 Å². The van der Waals surface area contributed by atoms with Crippen LogP contribution in [-0.2, 0) is 23.0 Å². The number of nitrogens with zero attached hydrogens (tertiary/aromatic N) is 3. The maximum absolute atomic E-state index is 13.2. The van der Waals surface area contributed by atoms with E-state index < -0.39 is 10.0 Å². The summed E-state index contributed by atoms with van der Waals surface area (Å²) in [5.74, 6) is 0.701. The highest BCUT2D eigenvalue weighted by molar-refractivity contribution is 7.91. The molecule has 0 spiro atoms. The number of rotatable bonds is 4. The molecule has 5 rings (SSSR count). The second kappa shape index (κ2) is 7.63. The van der Waals surface area contributed by atoms with Crippen LogP contribution in [0.5, 0.6) is 0 Å². The third-order valence-corrected chi connectivity index (χ3v) is 8.55. The van der Waals surface area contributed by atoms with Gasteiger partial charge in [0.05, 0.1) is 5.56 Å². The van der Waals surface area contributed by atoms with Crippen molar-refractivity contribution in [3.63, 3.8) is 0 Å². The number of thiophene rings is 1. The van der Waals surface area contributed by atoms with Crippen LogP contribution in [0.15, 0.2) is 68.7 Å². The average Bonchev–Trinajstić information content (AvgIpc) is 3.44. The Morgan fingerprint density at radius 1 is 1.03 bits per heavy atom. The van der Waals surface area contributed by atoms with Crippen molar-refractivity contribution >= 4 is 33.0 Å². The van der Waals surface area contributed by atoms with Crippen LogP contribution < -0.4 is 0 Å². The number of benzene rings is 2. The highest BCUT2D eigenvalue weighted by Gasteiger charge is 2.30. The van der Waals surface area contributed by atoms with Gasteiger partial charge in [0.1, 0.15) is 4.21 Å². The standard InChI is InChI=1S/C21H16ClN3O3S2/c22-18-7-5-15(6-8-18)20-23-21(28-24-20)17-11-19(29-13-17)30(26,27)25-10-9-14-3-1-2-4-16(14)12-25/h1-8,11,13H,9-10,12H2. The molecule has 30 heavy (non-hydrogen) atoms. The van der Waals surface area contributed by atoms with Gasteiger partial charge in [-0.25, -0.2) is 8.42 Å². The van der Waals surface area contributed by atoms with E-state index in [2.05, 4.69) is 16.2 Å². The third-order valence-electron chi connectivity index (χ3n) is 5.04. The minimum absolute atomic E-state index is 0.267. The molecule has 0 fully saturated rings. The molecular weight excluding hydrogens is 442 g/mol. The molecule has 9 heteroatoms. The number of hydrogen-bond donors (Lipinski definition) is 0. The molecule has 0 amide bonds. The third kappa shape index (κ3) is 3.56. The fourth-order valence-electron chi connectivity index (χ4n) is 3.42. The van der Waals surface area contributed by atoms with Crippen LogP contribution in [0, 0.1) is 0 Å².